The molecule has 0 spiro atoms. The predicted octanol–water partition coefficient (Wildman–Crippen LogP) is 4.29. The van der Waals surface area contributed by atoms with Gasteiger partial charge in [0.2, 0.25) is 11.7 Å². The average Bonchev–Trinajstić information content (AvgIpc) is 3.25. The maximum absolute atomic E-state index is 13.3. The molecular weight excluding hydrogens is 314 g/mol. The predicted molar refractivity (Wildman–Crippen MR) is 82.7 cm³/mol. The molecule has 4 rings (SSSR count). The first-order valence-corrected chi connectivity index (χ1v) is 7.59. The zero-order valence-corrected chi connectivity index (χ0v) is 12.9. The summed E-state index contributed by atoms with van der Waals surface area (Å²) in [6, 6.07) is 11.4. The van der Waals surface area contributed by atoms with Crippen LogP contribution >= 0.6 is 0 Å². The molecule has 1 heterocycles. The molecular formula is C18H14F2N2O2. The van der Waals surface area contributed by atoms with E-state index in [1.165, 1.54) is 6.07 Å². The van der Waals surface area contributed by atoms with Crippen LogP contribution in [-0.2, 0) is 0 Å². The van der Waals surface area contributed by atoms with E-state index >= 15 is 0 Å². The first kappa shape index (κ1) is 14.8. The summed E-state index contributed by atoms with van der Waals surface area (Å²) in [5.74, 6) is 0.149. The van der Waals surface area contributed by atoms with E-state index in [1.807, 2.05) is 24.3 Å². The molecule has 0 radical (unpaired) electrons. The third-order valence-electron chi connectivity index (χ3n) is 4.27. The highest BCUT2D eigenvalue weighted by Gasteiger charge is 2.45. The molecule has 1 fully saturated rings. The Bertz CT molecular complexity index is 894. The van der Waals surface area contributed by atoms with Gasteiger partial charge >= 0.3 is 0 Å². The number of para-hydroxylation sites is 1. The molecule has 1 aliphatic rings. The third kappa shape index (κ3) is 2.54. The van der Waals surface area contributed by atoms with E-state index < -0.39 is 11.6 Å². The summed E-state index contributed by atoms with van der Waals surface area (Å²) in [6.45, 7) is 0. The van der Waals surface area contributed by atoms with Gasteiger partial charge in [0.25, 0.3) is 0 Å². The van der Waals surface area contributed by atoms with Crippen LogP contribution in [0.1, 0.15) is 29.7 Å². The van der Waals surface area contributed by atoms with E-state index in [-0.39, 0.29) is 17.7 Å². The lowest BCUT2D eigenvalue weighted by Crippen LogP contribution is -1.91. The number of hydrogen-bond donors (Lipinski definition) is 0. The highest BCUT2D eigenvalue weighted by atomic mass is 19.2. The van der Waals surface area contributed by atoms with Gasteiger partial charge in [0.15, 0.2) is 11.6 Å². The Morgan fingerprint density at radius 2 is 1.92 bits per heavy atom. The van der Waals surface area contributed by atoms with Gasteiger partial charge in [-0.15, -0.1) is 0 Å². The van der Waals surface area contributed by atoms with E-state index in [2.05, 4.69) is 10.1 Å². The smallest absolute Gasteiger partial charge is 0.230 e. The van der Waals surface area contributed by atoms with Crippen LogP contribution in [0.4, 0.5) is 8.78 Å². The van der Waals surface area contributed by atoms with Crippen LogP contribution in [0.3, 0.4) is 0 Å². The molecule has 0 amide bonds. The Balaban J connectivity index is 1.57. The van der Waals surface area contributed by atoms with Crippen LogP contribution in [0, 0.1) is 11.6 Å². The molecule has 1 saturated carbocycles. The van der Waals surface area contributed by atoms with Gasteiger partial charge in [0.1, 0.15) is 5.75 Å². The molecule has 0 N–H and O–H groups in total. The van der Waals surface area contributed by atoms with Gasteiger partial charge in [0, 0.05) is 11.5 Å². The molecule has 24 heavy (non-hydrogen) atoms. The van der Waals surface area contributed by atoms with Gasteiger partial charge in [-0.25, -0.2) is 8.78 Å². The lowest BCUT2D eigenvalue weighted by atomic mass is 10.1. The minimum atomic E-state index is -0.933. The van der Waals surface area contributed by atoms with Gasteiger partial charge in [-0.1, -0.05) is 23.4 Å². The summed E-state index contributed by atoms with van der Waals surface area (Å²) in [4.78, 5) is 4.34. The molecule has 4 nitrogen and oxygen atoms in total. The van der Waals surface area contributed by atoms with Crippen LogP contribution in [-0.4, -0.2) is 17.3 Å². The molecule has 0 unspecified atom stereocenters. The Labute approximate surface area is 137 Å². The van der Waals surface area contributed by atoms with E-state index in [0.29, 0.717) is 11.5 Å². The Kier molecular flexibility index (Phi) is 3.52. The molecule has 0 bridgehead atoms. The monoisotopic (exact) mass is 328 g/mol. The number of halogens is 2. The molecule has 2 aromatic carbocycles. The summed E-state index contributed by atoms with van der Waals surface area (Å²) in [6.07, 6.45) is 0.889. The minimum absolute atomic E-state index is 0.118. The molecule has 0 saturated heterocycles. The van der Waals surface area contributed by atoms with Crippen molar-refractivity contribution in [2.75, 3.05) is 7.11 Å². The van der Waals surface area contributed by atoms with Crippen molar-refractivity contribution in [2.24, 2.45) is 0 Å². The molecule has 1 aromatic heterocycles. The Hall–Kier alpha value is -2.76. The zero-order valence-electron chi connectivity index (χ0n) is 12.9. The van der Waals surface area contributed by atoms with Crippen LogP contribution in [0.5, 0.6) is 5.75 Å². The SMILES string of the molecule is COc1ccccc1[C@H]1C[C@@H]1c1nc(-c2ccc(F)c(F)c2)no1. The van der Waals surface area contributed by atoms with Gasteiger partial charge in [-0.05, 0) is 42.2 Å². The first-order chi connectivity index (χ1) is 11.7. The molecule has 2 atom stereocenters. The molecule has 0 aliphatic heterocycles. The Morgan fingerprint density at radius 3 is 2.71 bits per heavy atom. The van der Waals surface area contributed by atoms with Crippen LogP contribution in [0.15, 0.2) is 47.0 Å². The highest BCUT2D eigenvalue weighted by Crippen LogP contribution is 2.56. The van der Waals surface area contributed by atoms with Crippen molar-refractivity contribution in [3.8, 4) is 17.1 Å². The molecule has 6 heteroatoms. The second-order valence-corrected chi connectivity index (χ2v) is 5.78. The van der Waals surface area contributed by atoms with Crippen molar-refractivity contribution in [3.63, 3.8) is 0 Å². The van der Waals surface area contributed by atoms with Gasteiger partial charge in [-0.2, -0.15) is 4.98 Å². The second-order valence-electron chi connectivity index (χ2n) is 5.78. The van der Waals surface area contributed by atoms with Gasteiger partial charge in [0.05, 0.1) is 7.11 Å². The Morgan fingerprint density at radius 1 is 1.08 bits per heavy atom. The van der Waals surface area contributed by atoms with Crippen molar-refractivity contribution >= 4 is 0 Å². The summed E-state index contributed by atoms with van der Waals surface area (Å²) in [5, 5.41) is 3.88. The standard InChI is InChI=1S/C18H14F2N2O2/c1-23-16-5-3-2-4-11(16)12-9-13(12)18-21-17(22-24-18)10-6-7-14(19)15(20)8-10/h2-8,12-13H,9H2,1H3/t12-,13+/m1/s1. The summed E-state index contributed by atoms with van der Waals surface area (Å²) in [5.41, 5.74) is 1.50. The lowest BCUT2D eigenvalue weighted by molar-refractivity contribution is 0.377. The quantitative estimate of drug-likeness (QED) is 0.717. The number of rotatable bonds is 4. The zero-order chi connectivity index (χ0) is 16.7. The van der Waals surface area contributed by atoms with Crippen LogP contribution in [0.25, 0.3) is 11.4 Å². The summed E-state index contributed by atoms with van der Waals surface area (Å²) in [7, 11) is 1.64. The third-order valence-corrected chi connectivity index (χ3v) is 4.27. The largest absolute Gasteiger partial charge is 0.496 e. The number of benzene rings is 2. The normalized spacial score (nSPS) is 19.3. The molecule has 122 valence electrons. The number of methoxy groups -OCH3 is 1. The second kappa shape index (κ2) is 5.70. The molecule has 1 aliphatic carbocycles. The van der Waals surface area contributed by atoms with E-state index in [9.17, 15) is 8.78 Å². The topological polar surface area (TPSA) is 48.2 Å². The molecule has 3 aromatic rings. The lowest BCUT2D eigenvalue weighted by Gasteiger charge is -2.06. The number of nitrogens with zero attached hydrogens (tertiary/aromatic N) is 2. The van der Waals surface area contributed by atoms with E-state index in [0.717, 1.165) is 29.9 Å². The van der Waals surface area contributed by atoms with Crippen molar-refractivity contribution in [1.29, 1.82) is 0 Å². The summed E-state index contributed by atoms with van der Waals surface area (Å²) < 4.78 is 37.1. The maximum atomic E-state index is 13.3. The van der Waals surface area contributed by atoms with E-state index in [1.54, 1.807) is 7.11 Å². The summed E-state index contributed by atoms with van der Waals surface area (Å²) >= 11 is 0. The van der Waals surface area contributed by atoms with Crippen molar-refractivity contribution < 1.29 is 18.0 Å². The fourth-order valence-electron chi connectivity index (χ4n) is 2.92. The number of ether oxygens (including phenoxy) is 1. The van der Waals surface area contributed by atoms with Gasteiger partial charge < -0.3 is 9.26 Å². The van der Waals surface area contributed by atoms with Gasteiger partial charge in [-0.3, -0.25) is 0 Å². The van der Waals surface area contributed by atoms with Crippen LogP contribution in [0.2, 0.25) is 0 Å². The number of hydrogen-bond acceptors (Lipinski definition) is 4. The average molecular weight is 328 g/mol. The van der Waals surface area contributed by atoms with Crippen molar-refractivity contribution in [2.45, 2.75) is 18.3 Å². The first-order valence-electron chi connectivity index (χ1n) is 7.59. The van der Waals surface area contributed by atoms with Crippen molar-refractivity contribution in [1.82, 2.24) is 10.1 Å². The fraction of sp³-hybridized carbons (Fsp3) is 0.222. The van der Waals surface area contributed by atoms with Crippen LogP contribution < -0.4 is 4.74 Å². The highest BCUT2D eigenvalue weighted by molar-refractivity contribution is 5.54. The van der Waals surface area contributed by atoms with E-state index in [4.69, 9.17) is 9.26 Å². The number of aromatic nitrogens is 2. The fourth-order valence-corrected chi connectivity index (χ4v) is 2.92. The maximum Gasteiger partial charge on any atom is 0.230 e. The van der Waals surface area contributed by atoms with Crippen molar-refractivity contribution in [3.05, 3.63) is 65.6 Å². The minimum Gasteiger partial charge on any atom is -0.496 e.